The zero-order valence-electron chi connectivity index (χ0n) is 15.2. The summed E-state index contributed by atoms with van der Waals surface area (Å²) in [7, 11) is 0. The number of nitro benzene ring substituents is 1. The molecular weight excluding hydrogens is 337 g/mol. The number of hydrogen-bond donors (Lipinski definition) is 0. The number of hydrogen-bond acceptors (Lipinski definition) is 4. The molecule has 0 unspecified atom stereocenters. The summed E-state index contributed by atoms with van der Waals surface area (Å²) in [4.78, 5) is 22.6. The highest BCUT2D eigenvalue weighted by Gasteiger charge is 2.27. The first-order chi connectivity index (χ1) is 12.2. The van der Waals surface area contributed by atoms with Crippen molar-refractivity contribution in [1.82, 2.24) is 0 Å². The van der Waals surface area contributed by atoms with E-state index in [9.17, 15) is 19.3 Å². The fraction of sp³-hybridized carbons (Fsp3) is 0.350. The Kier molecular flexibility index (Phi) is 6.08. The molecule has 2 aromatic rings. The second-order valence-corrected chi connectivity index (χ2v) is 6.69. The van der Waals surface area contributed by atoms with Crippen molar-refractivity contribution < 1.29 is 18.8 Å². The van der Waals surface area contributed by atoms with Crippen LogP contribution < -0.4 is 0 Å². The molecule has 2 atom stereocenters. The van der Waals surface area contributed by atoms with Crippen LogP contribution in [0.1, 0.15) is 48.2 Å². The van der Waals surface area contributed by atoms with Crippen molar-refractivity contribution in [3.8, 4) is 0 Å². The maximum atomic E-state index is 13.4. The zero-order valence-corrected chi connectivity index (χ0v) is 15.2. The molecule has 0 radical (unpaired) electrons. The molecular formula is C20H22FNO4. The van der Waals surface area contributed by atoms with Gasteiger partial charge in [-0.3, -0.25) is 10.1 Å². The third-order valence-corrected chi connectivity index (χ3v) is 4.42. The number of halogens is 1. The molecule has 138 valence electrons. The van der Waals surface area contributed by atoms with Crippen molar-refractivity contribution in [1.29, 1.82) is 0 Å². The molecule has 0 spiro atoms. The Morgan fingerprint density at radius 2 is 1.73 bits per heavy atom. The van der Waals surface area contributed by atoms with E-state index >= 15 is 0 Å². The van der Waals surface area contributed by atoms with Crippen LogP contribution in [0.4, 0.5) is 10.1 Å². The van der Waals surface area contributed by atoms with Crippen molar-refractivity contribution >= 4 is 11.7 Å². The van der Waals surface area contributed by atoms with Crippen molar-refractivity contribution in [3.63, 3.8) is 0 Å². The molecule has 0 aliphatic heterocycles. The van der Waals surface area contributed by atoms with Crippen LogP contribution in [0.25, 0.3) is 0 Å². The summed E-state index contributed by atoms with van der Waals surface area (Å²) in [6.45, 7) is 7.67. The van der Waals surface area contributed by atoms with Gasteiger partial charge in [0.05, 0.1) is 10.5 Å². The van der Waals surface area contributed by atoms with Gasteiger partial charge in [0.15, 0.2) is 0 Å². The Morgan fingerprint density at radius 3 is 2.23 bits per heavy atom. The topological polar surface area (TPSA) is 69.4 Å². The Labute approximate surface area is 152 Å². The highest BCUT2D eigenvalue weighted by Crippen LogP contribution is 2.32. The maximum absolute atomic E-state index is 13.4. The molecule has 0 aliphatic rings. The fourth-order valence-electron chi connectivity index (χ4n) is 3.20. The van der Waals surface area contributed by atoms with E-state index in [1.807, 2.05) is 20.8 Å². The quantitative estimate of drug-likeness (QED) is 0.412. The standard InChI is InChI=1S/C20H22FNO4/c1-12(2)19(18-10-7-16(21)11-13(18)3)14(4)26-20(23)15-5-8-17(9-6-15)22(24)25/h5-12,14,19H,1-4H3/t14-,19+/m0/s1. The Bertz CT molecular complexity index is 802. The van der Waals surface area contributed by atoms with Crippen molar-refractivity contribution in [3.05, 3.63) is 75.1 Å². The number of aryl methyl sites for hydroxylation is 1. The fourth-order valence-corrected chi connectivity index (χ4v) is 3.20. The molecule has 5 nitrogen and oxygen atoms in total. The molecule has 0 heterocycles. The van der Waals surface area contributed by atoms with Gasteiger partial charge in [0.25, 0.3) is 5.69 Å². The summed E-state index contributed by atoms with van der Waals surface area (Å²) < 4.78 is 19.0. The number of rotatable bonds is 6. The number of nitro groups is 1. The monoisotopic (exact) mass is 359 g/mol. The van der Waals surface area contributed by atoms with E-state index in [-0.39, 0.29) is 28.9 Å². The van der Waals surface area contributed by atoms with Crippen LogP contribution >= 0.6 is 0 Å². The minimum Gasteiger partial charge on any atom is -0.458 e. The lowest BCUT2D eigenvalue weighted by molar-refractivity contribution is -0.384. The molecule has 2 rings (SSSR count). The largest absolute Gasteiger partial charge is 0.458 e. The minimum absolute atomic E-state index is 0.0865. The average Bonchev–Trinajstić information content (AvgIpc) is 2.56. The van der Waals surface area contributed by atoms with Gasteiger partial charge < -0.3 is 4.74 Å². The van der Waals surface area contributed by atoms with Gasteiger partial charge in [0, 0.05) is 18.1 Å². The number of benzene rings is 2. The summed E-state index contributed by atoms with van der Waals surface area (Å²) >= 11 is 0. The predicted octanol–water partition coefficient (Wildman–Crippen LogP) is 5.03. The van der Waals surface area contributed by atoms with E-state index in [4.69, 9.17) is 4.74 Å². The lowest BCUT2D eigenvalue weighted by Crippen LogP contribution is -2.27. The first kappa shape index (κ1) is 19.6. The van der Waals surface area contributed by atoms with Crippen LogP contribution in [0.5, 0.6) is 0 Å². The van der Waals surface area contributed by atoms with Crippen LogP contribution in [0, 0.1) is 28.8 Å². The smallest absolute Gasteiger partial charge is 0.338 e. The van der Waals surface area contributed by atoms with E-state index in [1.54, 1.807) is 13.0 Å². The molecule has 26 heavy (non-hydrogen) atoms. The van der Waals surface area contributed by atoms with Gasteiger partial charge in [-0.1, -0.05) is 19.9 Å². The van der Waals surface area contributed by atoms with Crippen LogP contribution in [0.3, 0.4) is 0 Å². The molecule has 6 heteroatoms. The number of esters is 1. The zero-order chi connectivity index (χ0) is 19.4. The highest BCUT2D eigenvalue weighted by atomic mass is 19.1. The first-order valence-electron chi connectivity index (χ1n) is 8.42. The summed E-state index contributed by atoms with van der Waals surface area (Å²) in [5, 5.41) is 10.7. The van der Waals surface area contributed by atoms with Crippen LogP contribution in [-0.4, -0.2) is 17.0 Å². The number of ether oxygens (including phenoxy) is 1. The SMILES string of the molecule is Cc1cc(F)ccc1[C@H](C(C)C)[C@H](C)OC(=O)c1ccc([N+](=O)[O-])cc1. The molecule has 0 bridgehead atoms. The summed E-state index contributed by atoms with van der Waals surface area (Å²) in [5.74, 6) is -0.779. The van der Waals surface area contributed by atoms with E-state index < -0.39 is 17.0 Å². The van der Waals surface area contributed by atoms with Crippen molar-refractivity contribution in [2.24, 2.45) is 5.92 Å². The summed E-state index contributed by atoms with van der Waals surface area (Å²) in [6.07, 6.45) is -0.443. The number of carbonyl (C=O) groups is 1. The molecule has 0 saturated carbocycles. The third-order valence-electron chi connectivity index (χ3n) is 4.42. The molecule has 2 aromatic carbocycles. The second-order valence-electron chi connectivity index (χ2n) is 6.69. The van der Waals surface area contributed by atoms with E-state index in [2.05, 4.69) is 0 Å². The predicted molar refractivity (Wildman–Crippen MR) is 96.7 cm³/mol. The molecule has 0 aliphatic carbocycles. The van der Waals surface area contributed by atoms with E-state index in [0.29, 0.717) is 0 Å². The molecule has 0 amide bonds. The van der Waals surface area contributed by atoms with Gasteiger partial charge in [0.1, 0.15) is 11.9 Å². The van der Waals surface area contributed by atoms with Gasteiger partial charge in [-0.05, 0) is 55.2 Å². The molecule has 0 N–H and O–H groups in total. The third kappa shape index (κ3) is 4.45. The van der Waals surface area contributed by atoms with Crippen molar-refractivity contribution in [2.75, 3.05) is 0 Å². The Morgan fingerprint density at radius 1 is 1.12 bits per heavy atom. The van der Waals surface area contributed by atoms with E-state index in [1.165, 1.54) is 36.4 Å². The molecule has 0 aromatic heterocycles. The highest BCUT2D eigenvalue weighted by molar-refractivity contribution is 5.89. The van der Waals surface area contributed by atoms with Crippen LogP contribution in [0.15, 0.2) is 42.5 Å². The van der Waals surface area contributed by atoms with Crippen molar-refractivity contribution in [2.45, 2.75) is 39.7 Å². The number of carbonyl (C=O) groups excluding carboxylic acids is 1. The number of nitrogens with zero attached hydrogens (tertiary/aromatic N) is 1. The average molecular weight is 359 g/mol. The van der Waals surface area contributed by atoms with E-state index in [0.717, 1.165) is 11.1 Å². The Balaban J connectivity index is 2.20. The maximum Gasteiger partial charge on any atom is 0.338 e. The van der Waals surface area contributed by atoms with Gasteiger partial charge >= 0.3 is 5.97 Å². The lowest BCUT2D eigenvalue weighted by Gasteiger charge is -2.29. The first-order valence-corrected chi connectivity index (χ1v) is 8.42. The number of non-ortho nitro benzene ring substituents is 1. The summed E-state index contributed by atoms with van der Waals surface area (Å²) in [5.41, 5.74) is 1.91. The van der Waals surface area contributed by atoms with Crippen LogP contribution in [-0.2, 0) is 4.74 Å². The van der Waals surface area contributed by atoms with Gasteiger partial charge in [-0.15, -0.1) is 0 Å². The Hall–Kier alpha value is -2.76. The van der Waals surface area contributed by atoms with Crippen LogP contribution in [0.2, 0.25) is 0 Å². The molecule has 0 saturated heterocycles. The van der Waals surface area contributed by atoms with Gasteiger partial charge in [0.2, 0.25) is 0 Å². The normalized spacial score (nSPS) is 13.3. The molecule has 0 fully saturated rings. The second kappa shape index (κ2) is 8.08. The summed E-state index contributed by atoms with van der Waals surface area (Å²) in [6, 6.07) is 9.89. The van der Waals surface area contributed by atoms with Gasteiger partial charge in [-0.2, -0.15) is 0 Å². The van der Waals surface area contributed by atoms with Gasteiger partial charge in [-0.25, -0.2) is 9.18 Å². The lowest BCUT2D eigenvalue weighted by atomic mass is 9.82. The minimum atomic E-state index is -0.544.